The average molecular weight is 103 g/mol. The summed E-state index contributed by atoms with van der Waals surface area (Å²) in [6, 6.07) is 0. The first-order chi connectivity index (χ1) is 3.35. The highest BCUT2D eigenvalue weighted by molar-refractivity contribution is 4.41. The van der Waals surface area contributed by atoms with E-state index in [1.165, 1.54) is 0 Å². The molecule has 0 aliphatic rings. The van der Waals surface area contributed by atoms with Crippen molar-refractivity contribution in [2.45, 2.75) is 13.8 Å². The predicted molar refractivity (Wildman–Crippen MR) is 29.4 cm³/mol. The molecule has 7 heavy (non-hydrogen) atoms. The Morgan fingerprint density at radius 1 is 1.43 bits per heavy atom. The molecule has 0 saturated heterocycles. The molecule has 0 fully saturated rings. The van der Waals surface area contributed by atoms with Crippen LogP contribution >= 0.6 is 0 Å². The van der Waals surface area contributed by atoms with Crippen molar-refractivity contribution in [1.82, 2.24) is 10.6 Å². The third-order valence-electron chi connectivity index (χ3n) is 0.893. The fraction of sp³-hybridized carbons (Fsp3) is 1.00. The first-order valence-electron chi connectivity index (χ1n) is 2.47. The molecule has 3 heteroatoms. The monoisotopic (exact) mass is 103 g/mol. The molecule has 0 aromatic carbocycles. The van der Waals surface area contributed by atoms with E-state index in [0.717, 1.165) is 13.1 Å². The maximum absolute atomic E-state index is 9.77. The zero-order chi connectivity index (χ0) is 5.70. The van der Waals surface area contributed by atoms with Crippen LogP contribution in [0.15, 0.2) is 0 Å². The fourth-order valence-electron chi connectivity index (χ4n) is 0.353. The Hall–Kier alpha value is -0.120. The van der Waals surface area contributed by atoms with Crippen LogP contribution in [-0.2, 0) is 0 Å². The standard InChI is InChI=1S/C4H11N2O/c1-3-6(4-2)5-7/h5H,3-4H2,1-2H3/q-1. The summed E-state index contributed by atoms with van der Waals surface area (Å²) in [5, 5.41) is 11.3. The second-order valence-corrected chi connectivity index (χ2v) is 1.26. The summed E-state index contributed by atoms with van der Waals surface area (Å²) in [7, 11) is 0. The van der Waals surface area contributed by atoms with Gasteiger partial charge in [0.05, 0.1) is 0 Å². The lowest BCUT2D eigenvalue weighted by atomic mass is 10.6. The third kappa shape index (κ3) is 2.56. The zero-order valence-electron chi connectivity index (χ0n) is 4.77. The van der Waals surface area contributed by atoms with E-state index in [-0.39, 0.29) is 0 Å². The molecule has 0 bridgehead atoms. The summed E-state index contributed by atoms with van der Waals surface area (Å²) in [6.07, 6.45) is 0. The molecule has 0 rings (SSSR count). The summed E-state index contributed by atoms with van der Waals surface area (Å²) in [6.45, 7) is 5.38. The number of hydrazine groups is 1. The Labute approximate surface area is 43.9 Å². The molecule has 0 aromatic rings. The van der Waals surface area contributed by atoms with E-state index in [1.54, 1.807) is 10.6 Å². The summed E-state index contributed by atoms with van der Waals surface area (Å²) in [5.74, 6) is 0. The normalized spacial score (nSPS) is 10.3. The predicted octanol–water partition coefficient (Wildman–Crippen LogP) is 0.331. The lowest BCUT2D eigenvalue weighted by Crippen LogP contribution is -2.32. The molecule has 44 valence electrons. The van der Waals surface area contributed by atoms with E-state index in [4.69, 9.17) is 0 Å². The van der Waals surface area contributed by atoms with Crippen LogP contribution in [0.3, 0.4) is 0 Å². The highest BCUT2D eigenvalue weighted by Gasteiger charge is 1.84. The lowest BCUT2D eigenvalue weighted by molar-refractivity contribution is 0.248. The van der Waals surface area contributed by atoms with Gasteiger partial charge >= 0.3 is 0 Å². The first kappa shape index (κ1) is 6.88. The van der Waals surface area contributed by atoms with Crippen molar-refractivity contribution in [3.8, 4) is 0 Å². The SMILES string of the molecule is CCN(CC)N[O-]. The minimum atomic E-state index is 0.764. The molecular weight excluding hydrogens is 92.1 g/mol. The van der Waals surface area contributed by atoms with Crippen LogP contribution in [0.25, 0.3) is 0 Å². The first-order valence-corrected chi connectivity index (χ1v) is 2.47. The molecule has 0 heterocycles. The van der Waals surface area contributed by atoms with Gasteiger partial charge in [-0.2, -0.15) is 0 Å². The Morgan fingerprint density at radius 3 is 1.86 bits per heavy atom. The number of nitrogens with one attached hydrogen (secondary N) is 1. The lowest BCUT2D eigenvalue weighted by Gasteiger charge is -2.22. The van der Waals surface area contributed by atoms with Crippen LogP contribution in [0.5, 0.6) is 0 Å². The van der Waals surface area contributed by atoms with E-state index >= 15 is 0 Å². The van der Waals surface area contributed by atoms with Gasteiger partial charge in [0, 0.05) is 13.1 Å². The molecule has 0 aliphatic carbocycles. The van der Waals surface area contributed by atoms with Crippen LogP contribution in [0.2, 0.25) is 0 Å². The second-order valence-electron chi connectivity index (χ2n) is 1.26. The van der Waals surface area contributed by atoms with Crippen LogP contribution in [0.1, 0.15) is 13.8 Å². The van der Waals surface area contributed by atoms with Crippen molar-refractivity contribution >= 4 is 0 Å². The zero-order valence-corrected chi connectivity index (χ0v) is 4.77. The third-order valence-corrected chi connectivity index (χ3v) is 0.893. The van der Waals surface area contributed by atoms with Gasteiger partial charge in [-0.1, -0.05) is 13.8 Å². The number of hydrogen-bond donors (Lipinski definition) is 1. The van der Waals surface area contributed by atoms with E-state index in [0.29, 0.717) is 0 Å². The molecule has 0 spiro atoms. The average Bonchev–Trinajstić information content (AvgIpc) is 1.72. The highest BCUT2D eigenvalue weighted by Crippen LogP contribution is 1.74. The minimum Gasteiger partial charge on any atom is -0.774 e. The quantitative estimate of drug-likeness (QED) is 0.523. The Bertz CT molecular complexity index is 31.2. The van der Waals surface area contributed by atoms with Gasteiger partial charge in [-0.15, -0.1) is 0 Å². The Kier molecular flexibility index (Phi) is 3.98. The highest BCUT2D eigenvalue weighted by atomic mass is 16.5. The number of rotatable bonds is 3. The Balaban J connectivity index is 2.99. The number of hydrogen-bond acceptors (Lipinski definition) is 3. The molecule has 0 radical (unpaired) electrons. The van der Waals surface area contributed by atoms with Crippen LogP contribution in [0.4, 0.5) is 0 Å². The van der Waals surface area contributed by atoms with Crippen molar-refractivity contribution in [3.63, 3.8) is 0 Å². The van der Waals surface area contributed by atoms with Crippen molar-refractivity contribution in [2.24, 2.45) is 0 Å². The van der Waals surface area contributed by atoms with Crippen LogP contribution < -0.4 is 5.59 Å². The smallest absolute Gasteiger partial charge is 0.00921 e. The van der Waals surface area contributed by atoms with E-state index in [2.05, 4.69) is 0 Å². The van der Waals surface area contributed by atoms with E-state index in [1.807, 2.05) is 13.8 Å². The van der Waals surface area contributed by atoms with Gasteiger partial charge in [-0.05, 0) is 0 Å². The van der Waals surface area contributed by atoms with Crippen molar-refractivity contribution in [1.29, 1.82) is 0 Å². The van der Waals surface area contributed by atoms with Gasteiger partial charge in [0.25, 0.3) is 0 Å². The van der Waals surface area contributed by atoms with Gasteiger partial charge in [0.15, 0.2) is 0 Å². The molecule has 0 atom stereocenters. The summed E-state index contributed by atoms with van der Waals surface area (Å²) < 4.78 is 0. The van der Waals surface area contributed by atoms with Gasteiger partial charge in [0.2, 0.25) is 0 Å². The maximum Gasteiger partial charge on any atom is 0.00921 e. The largest absolute Gasteiger partial charge is 0.774 e. The molecule has 0 aromatic heterocycles. The minimum absolute atomic E-state index is 0.764. The van der Waals surface area contributed by atoms with E-state index < -0.39 is 0 Å². The number of nitrogens with zero attached hydrogens (tertiary/aromatic N) is 1. The molecule has 0 unspecified atom stereocenters. The van der Waals surface area contributed by atoms with Gasteiger partial charge in [-0.25, -0.2) is 0 Å². The van der Waals surface area contributed by atoms with Crippen LogP contribution in [-0.4, -0.2) is 18.1 Å². The van der Waals surface area contributed by atoms with Crippen molar-refractivity contribution in [3.05, 3.63) is 5.21 Å². The molecule has 0 aliphatic heterocycles. The topological polar surface area (TPSA) is 38.3 Å². The molecule has 3 nitrogen and oxygen atoms in total. The fourth-order valence-corrected chi connectivity index (χ4v) is 0.353. The maximum atomic E-state index is 9.77. The van der Waals surface area contributed by atoms with E-state index in [9.17, 15) is 5.21 Å². The molecule has 0 amide bonds. The second kappa shape index (κ2) is 4.05. The Morgan fingerprint density at radius 2 is 1.86 bits per heavy atom. The van der Waals surface area contributed by atoms with Gasteiger partial charge in [0.1, 0.15) is 0 Å². The summed E-state index contributed by atoms with van der Waals surface area (Å²) in [5.41, 5.74) is 1.78. The van der Waals surface area contributed by atoms with Crippen molar-refractivity contribution < 1.29 is 0 Å². The van der Waals surface area contributed by atoms with Gasteiger partial charge < -0.3 is 10.8 Å². The summed E-state index contributed by atoms with van der Waals surface area (Å²) >= 11 is 0. The van der Waals surface area contributed by atoms with Crippen molar-refractivity contribution in [2.75, 3.05) is 13.1 Å². The molecule has 1 N–H and O–H groups in total. The van der Waals surface area contributed by atoms with Crippen LogP contribution in [0, 0.1) is 5.21 Å². The summed E-state index contributed by atoms with van der Waals surface area (Å²) in [4.78, 5) is 0. The molecule has 0 saturated carbocycles. The van der Waals surface area contributed by atoms with Gasteiger partial charge in [-0.3, -0.25) is 5.01 Å². The molecular formula is C4H11N2O-.